The number of ether oxygens (including phenoxy) is 1. The second kappa shape index (κ2) is 7.86. The van der Waals surface area contributed by atoms with Crippen molar-refractivity contribution in [1.82, 2.24) is 9.97 Å². The third-order valence-corrected chi connectivity index (χ3v) is 3.40. The van der Waals surface area contributed by atoms with E-state index in [-0.39, 0.29) is 12.1 Å². The zero-order chi connectivity index (χ0) is 15.1. The van der Waals surface area contributed by atoms with Gasteiger partial charge in [-0.15, -0.1) is 0 Å². The smallest absolute Gasteiger partial charge is 0.162 e. The molecule has 0 saturated heterocycles. The monoisotopic (exact) mass is 285 g/mol. The van der Waals surface area contributed by atoms with Crippen molar-refractivity contribution in [3.05, 3.63) is 59.7 Å². The van der Waals surface area contributed by atoms with E-state index >= 15 is 0 Å². The maximum absolute atomic E-state index is 6.01. The maximum atomic E-state index is 6.01. The first-order chi connectivity index (χ1) is 10.2. The molecule has 0 fully saturated rings. The van der Waals surface area contributed by atoms with E-state index in [0.717, 1.165) is 24.1 Å². The summed E-state index contributed by atoms with van der Waals surface area (Å²) < 4.78 is 5.84. The van der Waals surface area contributed by atoms with Crippen molar-refractivity contribution in [2.45, 2.75) is 38.8 Å². The number of rotatable bonds is 7. The molecule has 0 aliphatic carbocycles. The molecule has 21 heavy (non-hydrogen) atoms. The number of nitrogens with two attached hydrogens (primary N) is 1. The highest BCUT2D eigenvalue weighted by atomic mass is 16.5. The Bertz CT molecular complexity index is 545. The van der Waals surface area contributed by atoms with E-state index in [9.17, 15) is 0 Å². The SMILES string of the molecule is CCOC(c1ccccc1)c1nccc(CC(N)CC)n1. The first-order valence-corrected chi connectivity index (χ1v) is 7.48. The van der Waals surface area contributed by atoms with Crippen molar-refractivity contribution in [3.63, 3.8) is 0 Å². The molecular weight excluding hydrogens is 262 g/mol. The van der Waals surface area contributed by atoms with Gasteiger partial charge < -0.3 is 10.5 Å². The molecule has 2 atom stereocenters. The van der Waals surface area contributed by atoms with Crippen molar-refractivity contribution in [1.29, 1.82) is 0 Å². The Labute approximate surface area is 126 Å². The second-order valence-corrected chi connectivity index (χ2v) is 5.02. The molecule has 4 nitrogen and oxygen atoms in total. The minimum atomic E-state index is -0.228. The summed E-state index contributed by atoms with van der Waals surface area (Å²) in [5.74, 6) is 0.698. The minimum Gasteiger partial charge on any atom is -0.366 e. The van der Waals surface area contributed by atoms with Crippen LogP contribution in [-0.4, -0.2) is 22.6 Å². The molecule has 0 spiro atoms. The summed E-state index contributed by atoms with van der Waals surface area (Å²) in [4.78, 5) is 9.03. The molecule has 0 aliphatic rings. The average Bonchev–Trinajstić information content (AvgIpc) is 2.53. The van der Waals surface area contributed by atoms with E-state index < -0.39 is 0 Å². The molecule has 0 bridgehead atoms. The van der Waals surface area contributed by atoms with Crippen LogP contribution in [0.3, 0.4) is 0 Å². The van der Waals surface area contributed by atoms with Gasteiger partial charge in [-0.25, -0.2) is 9.97 Å². The van der Waals surface area contributed by atoms with Gasteiger partial charge in [-0.3, -0.25) is 0 Å². The Balaban J connectivity index is 2.26. The third kappa shape index (κ3) is 4.34. The van der Waals surface area contributed by atoms with Crippen LogP contribution in [0.2, 0.25) is 0 Å². The Morgan fingerprint density at radius 1 is 1.14 bits per heavy atom. The van der Waals surface area contributed by atoms with Gasteiger partial charge in [0.15, 0.2) is 5.82 Å². The van der Waals surface area contributed by atoms with E-state index in [0.29, 0.717) is 12.4 Å². The standard InChI is InChI=1S/C17H23N3O/c1-3-14(18)12-15-10-11-19-17(20-15)16(21-4-2)13-8-6-5-7-9-13/h5-11,14,16H,3-4,12,18H2,1-2H3. The highest BCUT2D eigenvalue weighted by Gasteiger charge is 2.17. The summed E-state index contributed by atoms with van der Waals surface area (Å²) >= 11 is 0. The van der Waals surface area contributed by atoms with Gasteiger partial charge in [-0.1, -0.05) is 37.3 Å². The van der Waals surface area contributed by atoms with Crippen LogP contribution in [0.15, 0.2) is 42.6 Å². The molecular formula is C17H23N3O. The lowest BCUT2D eigenvalue weighted by Gasteiger charge is -2.17. The fraction of sp³-hybridized carbons (Fsp3) is 0.412. The summed E-state index contributed by atoms with van der Waals surface area (Å²) in [6.45, 7) is 4.67. The fourth-order valence-corrected chi connectivity index (χ4v) is 2.18. The molecule has 1 aromatic carbocycles. The van der Waals surface area contributed by atoms with Gasteiger partial charge in [0.1, 0.15) is 6.10 Å². The number of nitrogens with zero attached hydrogens (tertiary/aromatic N) is 2. The summed E-state index contributed by atoms with van der Waals surface area (Å²) in [7, 11) is 0. The van der Waals surface area contributed by atoms with Gasteiger partial charge in [0, 0.05) is 31.0 Å². The van der Waals surface area contributed by atoms with Crippen LogP contribution in [0.25, 0.3) is 0 Å². The van der Waals surface area contributed by atoms with Gasteiger partial charge in [0.25, 0.3) is 0 Å². The van der Waals surface area contributed by atoms with Crippen molar-refractivity contribution < 1.29 is 4.74 Å². The Hall–Kier alpha value is -1.78. The maximum Gasteiger partial charge on any atom is 0.162 e. The molecule has 2 unspecified atom stereocenters. The van der Waals surface area contributed by atoms with E-state index in [2.05, 4.69) is 16.9 Å². The van der Waals surface area contributed by atoms with E-state index in [1.165, 1.54) is 0 Å². The predicted molar refractivity (Wildman–Crippen MR) is 83.9 cm³/mol. The molecule has 4 heteroatoms. The van der Waals surface area contributed by atoms with Gasteiger partial charge in [-0.05, 0) is 25.0 Å². The van der Waals surface area contributed by atoms with E-state index in [1.54, 1.807) is 6.20 Å². The van der Waals surface area contributed by atoms with Crippen LogP contribution < -0.4 is 5.73 Å². The summed E-state index contributed by atoms with van der Waals surface area (Å²) in [6, 6.07) is 12.1. The predicted octanol–water partition coefficient (Wildman–Crippen LogP) is 2.88. The summed E-state index contributed by atoms with van der Waals surface area (Å²) in [5.41, 5.74) is 8.04. The van der Waals surface area contributed by atoms with Crippen molar-refractivity contribution in [3.8, 4) is 0 Å². The molecule has 2 N–H and O–H groups in total. The first-order valence-electron chi connectivity index (χ1n) is 7.48. The highest BCUT2D eigenvalue weighted by molar-refractivity contribution is 5.23. The second-order valence-electron chi connectivity index (χ2n) is 5.02. The topological polar surface area (TPSA) is 61.0 Å². The Kier molecular flexibility index (Phi) is 5.84. The molecule has 1 aromatic heterocycles. The van der Waals surface area contributed by atoms with Crippen molar-refractivity contribution in [2.24, 2.45) is 5.73 Å². The molecule has 2 rings (SSSR count). The van der Waals surface area contributed by atoms with Crippen LogP contribution in [0.1, 0.15) is 43.5 Å². The zero-order valence-corrected chi connectivity index (χ0v) is 12.7. The molecule has 0 radical (unpaired) electrons. The highest BCUT2D eigenvalue weighted by Crippen LogP contribution is 2.23. The molecule has 112 valence electrons. The largest absolute Gasteiger partial charge is 0.366 e. The lowest BCUT2D eigenvalue weighted by Crippen LogP contribution is -2.22. The van der Waals surface area contributed by atoms with Crippen LogP contribution in [0, 0.1) is 0 Å². The Morgan fingerprint density at radius 3 is 2.57 bits per heavy atom. The zero-order valence-electron chi connectivity index (χ0n) is 12.7. The average molecular weight is 285 g/mol. The normalized spacial score (nSPS) is 13.9. The van der Waals surface area contributed by atoms with Crippen LogP contribution in [0.4, 0.5) is 0 Å². The lowest BCUT2D eigenvalue weighted by atomic mass is 10.1. The summed E-state index contributed by atoms with van der Waals surface area (Å²) in [5, 5.41) is 0. The number of aromatic nitrogens is 2. The van der Waals surface area contributed by atoms with Crippen molar-refractivity contribution >= 4 is 0 Å². The third-order valence-electron chi connectivity index (χ3n) is 3.40. The van der Waals surface area contributed by atoms with E-state index in [1.807, 2.05) is 43.3 Å². The van der Waals surface area contributed by atoms with Crippen LogP contribution >= 0.6 is 0 Å². The van der Waals surface area contributed by atoms with Crippen molar-refractivity contribution in [2.75, 3.05) is 6.61 Å². The lowest BCUT2D eigenvalue weighted by molar-refractivity contribution is 0.0849. The van der Waals surface area contributed by atoms with Gasteiger partial charge in [0.2, 0.25) is 0 Å². The van der Waals surface area contributed by atoms with E-state index in [4.69, 9.17) is 10.5 Å². The number of hydrogen-bond acceptors (Lipinski definition) is 4. The minimum absolute atomic E-state index is 0.134. The van der Waals surface area contributed by atoms with Gasteiger partial charge in [0.05, 0.1) is 0 Å². The fourth-order valence-electron chi connectivity index (χ4n) is 2.18. The molecule has 0 aliphatic heterocycles. The molecule has 0 saturated carbocycles. The van der Waals surface area contributed by atoms with Gasteiger partial charge in [-0.2, -0.15) is 0 Å². The van der Waals surface area contributed by atoms with Gasteiger partial charge >= 0.3 is 0 Å². The first kappa shape index (κ1) is 15.6. The number of hydrogen-bond donors (Lipinski definition) is 1. The molecule has 1 heterocycles. The quantitative estimate of drug-likeness (QED) is 0.849. The van der Waals surface area contributed by atoms with Crippen LogP contribution in [-0.2, 0) is 11.2 Å². The Morgan fingerprint density at radius 2 is 1.90 bits per heavy atom. The summed E-state index contributed by atoms with van der Waals surface area (Å²) in [6.07, 6.45) is 3.26. The molecule has 0 amide bonds. The number of benzene rings is 1. The van der Waals surface area contributed by atoms with Crippen LogP contribution in [0.5, 0.6) is 0 Å². The molecule has 2 aromatic rings.